The zero-order chi connectivity index (χ0) is 11.3. The molecule has 0 aliphatic rings. The molecule has 1 rings (SSSR count). The smallest absolute Gasteiger partial charge is 0.446 e. The van der Waals surface area contributed by atoms with Crippen LogP contribution in [0.1, 0.15) is 0 Å². The van der Waals surface area contributed by atoms with Crippen LogP contribution in [0.2, 0.25) is 0 Å². The molecule has 0 aromatic heterocycles. The Hall–Kier alpha value is -1.28. The van der Waals surface area contributed by atoms with Crippen LogP contribution in [0.5, 0.6) is 5.75 Å². The van der Waals surface area contributed by atoms with Crippen molar-refractivity contribution in [2.45, 2.75) is 10.4 Å². The third-order valence-corrected chi connectivity index (χ3v) is 2.17. The lowest BCUT2D eigenvalue weighted by molar-refractivity contribution is -0.0328. The molecule has 15 heavy (non-hydrogen) atoms. The molecule has 0 bridgehead atoms. The summed E-state index contributed by atoms with van der Waals surface area (Å²) >= 11 is -0.216. The topological polar surface area (TPSA) is 9.23 Å². The number of benzene rings is 1. The van der Waals surface area contributed by atoms with E-state index < -0.39 is 5.51 Å². The number of halogens is 3. The zero-order valence-electron chi connectivity index (χ0n) is 7.54. The largest absolute Gasteiger partial charge is 0.480 e. The Kier molecular flexibility index (Phi) is 3.92. The van der Waals surface area contributed by atoms with E-state index in [-0.39, 0.29) is 29.0 Å². The minimum Gasteiger partial charge on any atom is -0.480 e. The highest BCUT2D eigenvalue weighted by Crippen LogP contribution is 2.41. The highest BCUT2D eigenvalue weighted by Gasteiger charge is 2.30. The number of para-hydroxylation sites is 1. The average Bonchev–Trinajstić information content (AvgIpc) is 2.14. The van der Waals surface area contributed by atoms with Gasteiger partial charge < -0.3 is 4.74 Å². The van der Waals surface area contributed by atoms with Crippen molar-refractivity contribution in [3.63, 3.8) is 0 Å². The highest BCUT2D eigenvalue weighted by atomic mass is 32.2. The van der Waals surface area contributed by atoms with Gasteiger partial charge >= 0.3 is 5.51 Å². The molecule has 0 spiro atoms. The number of rotatable bonds is 3. The summed E-state index contributed by atoms with van der Waals surface area (Å²) in [7, 11) is 0. The van der Waals surface area contributed by atoms with Gasteiger partial charge in [-0.05, 0) is 23.9 Å². The van der Waals surface area contributed by atoms with Gasteiger partial charge in [-0.2, -0.15) is 13.2 Å². The van der Waals surface area contributed by atoms with E-state index in [1.54, 1.807) is 6.07 Å². The lowest BCUT2D eigenvalue weighted by Gasteiger charge is -2.10. The Morgan fingerprint density at radius 3 is 2.60 bits per heavy atom. The Balaban J connectivity index is 2.82. The first-order valence-corrected chi connectivity index (χ1v) is 4.75. The Bertz CT molecular complexity index is 368. The van der Waals surface area contributed by atoms with Crippen molar-refractivity contribution in [3.8, 4) is 18.1 Å². The van der Waals surface area contributed by atoms with Gasteiger partial charge in [0.2, 0.25) is 0 Å². The van der Waals surface area contributed by atoms with Crippen LogP contribution in [0.3, 0.4) is 0 Å². The van der Waals surface area contributed by atoms with Crippen molar-refractivity contribution < 1.29 is 17.9 Å². The second-order valence-electron chi connectivity index (χ2n) is 2.49. The monoisotopic (exact) mass is 232 g/mol. The predicted molar refractivity (Wildman–Crippen MR) is 52.7 cm³/mol. The van der Waals surface area contributed by atoms with Gasteiger partial charge in [0, 0.05) is 0 Å². The maximum Gasteiger partial charge on any atom is 0.446 e. The van der Waals surface area contributed by atoms with Crippen LogP contribution in [0.15, 0.2) is 29.2 Å². The fourth-order valence-electron chi connectivity index (χ4n) is 0.898. The Labute approximate surface area is 89.6 Å². The molecule has 0 N–H and O–H groups in total. The quantitative estimate of drug-likeness (QED) is 0.584. The minimum atomic E-state index is -4.32. The van der Waals surface area contributed by atoms with E-state index in [0.29, 0.717) is 0 Å². The summed E-state index contributed by atoms with van der Waals surface area (Å²) in [6.45, 7) is -0.0462. The third kappa shape index (κ3) is 4.17. The number of hydrogen-bond donors (Lipinski definition) is 0. The molecule has 5 heteroatoms. The van der Waals surface area contributed by atoms with Crippen molar-refractivity contribution in [3.05, 3.63) is 24.3 Å². The summed E-state index contributed by atoms with van der Waals surface area (Å²) in [5.41, 5.74) is -4.32. The SMILES string of the molecule is C#CCOc1ccccc1SC(F)(F)F. The van der Waals surface area contributed by atoms with Crippen molar-refractivity contribution in [1.29, 1.82) is 0 Å². The van der Waals surface area contributed by atoms with Crippen LogP contribution in [0, 0.1) is 12.3 Å². The maximum absolute atomic E-state index is 12.1. The molecule has 0 aliphatic heterocycles. The average molecular weight is 232 g/mol. The zero-order valence-corrected chi connectivity index (χ0v) is 8.36. The van der Waals surface area contributed by atoms with Crippen molar-refractivity contribution in [2.24, 2.45) is 0 Å². The van der Waals surface area contributed by atoms with E-state index in [9.17, 15) is 13.2 Å². The number of alkyl halides is 3. The standard InChI is InChI=1S/C10H7F3OS/c1-2-7-14-8-5-3-4-6-9(8)15-10(11,12)13/h1,3-6H,7H2. The molecule has 0 unspecified atom stereocenters. The number of ether oxygens (including phenoxy) is 1. The molecule has 1 aromatic carbocycles. The fraction of sp³-hybridized carbons (Fsp3) is 0.200. The van der Waals surface area contributed by atoms with Gasteiger partial charge in [0.05, 0.1) is 4.90 Å². The highest BCUT2D eigenvalue weighted by molar-refractivity contribution is 8.00. The summed E-state index contributed by atoms with van der Waals surface area (Å²) < 4.78 is 41.3. The molecule has 0 amide bonds. The van der Waals surface area contributed by atoms with Gasteiger partial charge in [0.25, 0.3) is 0 Å². The Morgan fingerprint density at radius 2 is 2.00 bits per heavy atom. The van der Waals surface area contributed by atoms with E-state index in [1.165, 1.54) is 18.2 Å². The molecule has 0 heterocycles. The van der Waals surface area contributed by atoms with Crippen LogP contribution in [0.25, 0.3) is 0 Å². The molecule has 1 nitrogen and oxygen atoms in total. The second-order valence-corrected chi connectivity index (χ2v) is 3.59. The molecule has 0 atom stereocenters. The van der Waals surface area contributed by atoms with Crippen LogP contribution in [0.4, 0.5) is 13.2 Å². The van der Waals surface area contributed by atoms with Gasteiger partial charge in [-0.25, -0.2) is 0 Å². The summed E-state index contributed by atoms with van der Waals surface area (Å²) in [5.74, 6) is 2.34. The van der Waals surface area contributed by atoms with E-state index in [2.05, 4.69) is 5.92 Å². The van der Waals surface area contributed by atoms with Crippen LogP contribution in [-0.2, 0) is 0 Å². The first-order valence-electron chi connectivity index (χ1n) is 3.94. The molecular weight excluding hydrogens is 225 g/mol. The lowest BCUT2D eigenvalue weighted by Crippen LogP contribution is -2.01. The molecule has 0 aliphatic carbocycles. The maximum atomic E-state index is 12.1. The first-order chi connectivity index (χ1) is 7.03. The van der Waals surface area contributed by atoms with E-state index in [4.69, 9.17) is 11.2 Å². The van der Waals surface area contributed by atoms with Crippen molar-refractivity contribution >= 4 is 11.8 Å². The normalized spacial score (nSPS) is 10.8. The number of hydrogen-bond acceptors (Lipinski definition) is 2. The predicted octanol–water partition coefficient (Wildman–Crippen LogP) is 3.31. The van der Waals surface area contributed by atoms with Crippen molar-refractivity contribution in [2.75, 3.05) is 6.61 Å². The number of thioether (sulfide) groups is 1. The van der Waals surface area contributed by atoms with E-state index in [1.807, 2.05) is 0 Å². The summed E-state index contributed by atoms with van der Waals surface area (Å²) in [5, 5.41) is 0. The minimum absolute atomic E-state index is 0.0141. The van der Waals surface area contributed by atoms with Gasteiger partial charge in [0.1, 0.15) is 12.4 Å². The van der Waals surface area contributed by atoms with Crippen molar-refractivity contribution in [1.82, 2.24) is 0 Å². The molecular formula is C10H7F3OS. The molecule has 0 radical (unpaired) electrons. The molecule has 1 aromatic rings. The van der Waals surface area contributed by atoms with Gasteiger partial charge in [-0.3, -0.25) is 0 Å². The fourth-order valence-corrected chi connectivity index (χ4v) is 1.52. The third-order valence-electron chi connectivity index (χ3n) is 1.39. The van der Waals surface area contributed by atoms with Gasteiger partial charge in [-0.15, -0.1) is 6.42 Å². The number of terminal acetylenes is 1. The van der Waals surface area contributed by atoms with E-state index in [0.717, 1.165) is 0 Å². The van der Waals surface area contributed by atoms with Gasteiger partial charge in [-0.1, -0.05) is 18.1 Å². The second kappa shape index (κ2) is 4.99. The summed E-state index contributed by atoms with van der Waals surface area (Å²) in [6, 6.07) is 5.89. The molecule has 0 fully saturated rings. The van der Waals surface area contributed by atoms with Crippen LogP contribution < -0.4 is 4.74 Å². The van der Waals surface area contributed by atoms with E-state index >= 15 is 0 Å². The van der Waals surface area contributed by atoms with Crippen LogP contribution >= 0.6 is 11.8 Å². The first kappa shape index (κ1) is 11.8. The van der Waals surface area contributed by atoms with Crippen LogP contribution in [-0.4, -0.2) is 12.1 Å². The summed E-state index contributed by atoms with van der Waals surface area (Å²) in [4.78, 5) is 0.0141. The van der Waals surface area contributed by atoms with Gasteiger partial charge in [0.15, 0.2) is 0 Å². The molecule has 80 valence electrons. The molecule has 0 saturated carbocycles. The summed E-state index contributed by atoms with van der Waals surface area (Å²) in [6.07, 6.45) is 4.95. The molecule has 0 saturated heterocycles. The lowest BCUT2D eigenvalue weighted by atomic mass is 10.3. The Morgan fingerprint density at radius 1 is 1.33 bits per heavy atom.